The molecule has 0 saturated carbocycles. The summed E-state index contributed by atoms with van der Waals surface area (Å²) >= 11 is 0. The number of piperazine rings is 2. The van der Waals surface area contributed by atoms with Gasteiger partial charge in [0.2, 0.25) is 0 Å². The first-order valence-corrected chi connectivity index (χ1v) is 16.8. The van der Waals surface area contributed by atoms with Gasteiger partial charge in [-0.25, -0.2) is 0 Å². The SMILES string of the molecule is CC(C)(C)[c-]1c(-c2ccccc2)c(-c2ccccc2)c(CP)c1C(P)(C1CNCCN1)C1CNCCN1.[Fe].[cH-]1[cH-][cH-][cH-][cH-]1. The molecule has 4 aromatic carbocycles. The Kier molecular flexibility index (Phi) is 12.4. The quantitative estimate of drug-likeness (QED) is 0.117. The smallest absolute Gasteiger partial charge is 0.0324 e. The first-order chi connectivity index (χ1) is 20.4. The third kappa shape index (κ3) is 7.44. The second-order valence-electron chi connectivity index (χ2n) is 12.5. The average Bonchev–Trinajstić information content (AvgIpc) is 3.73. The molecule has 6 rings (SSSR count). The van der Waals surface area contributed by atoms with Gasteiger partial charge in [0.05, 0.1) is 0 Å². The maximum absolute atomic E-state index is 3.94. The minimum Gasteiger partial charge on any atom is -0.748 e. The van der Waals surface area contributed by atoms with Gasteiger partial charge in [0.25, 0.3) is 0 Å². The van der Waals surface area contributed by atoms with Crippen LogP contribution >= 0.6 is 18.5 Å². The van der Waals surface area contributed by atoms with Gasteiger partial charge < -0.3 is 51.6 Å². The molecule has 2 aliphatic heterocycles. The molecule has 43 heavy (non-hydrogen) atoms. The van der Waals surface area contributed by atoms with E-state index >= 15 is 0 Å². The molecule has 4 aromatic rings. The summed E-state index contributed by atoms with van der Waals surface area (Å²) in [6, 6.07) is 32.7. The fourth-order valence-corrected chi connectivity index (χ4v) is 8.02. The van der Waals surface area contributed by atoms with Crippen LogP contribution in [0.15, 0.2) is 91.0 Å². The van der Waals surface area contributed by atoms with Crippen LogP contribution in [0.2, 0.25) is 0 Å². The van der Waals surface area contributed by atoms with Crippen LogP contribution in [0.5, 0.6) is 0 Å². The fourth-order valence-electron chi connectivity index (χ4n) is 6.82. The van der Waals surface area contributed by atoms with Gasteiger partial charge in [-0.1, -0.05) is 98.7 Å². The van der Waals surface area contributed by atoms with Crippen molar-refractivity contribution in [2.24, 2.45) is 0 Å². The second kappa shape index (κ2) is 15.6. The van der Waals surface area contributed by atoms with Crippen molar-refractivity contribution >= 4 is 18.5 Å². The second-order valence-corrected chi connectivity index (χ2v) is 13.8. The van der Waals surface area contributed by atoms with Gasteiger partial charge in [-0.15, -0.1) is 46.3 Å². The van der Waals surface area contributed by atoms with Crippen LogP contribution in [0, 0.1) is 0 Å². The van der Waals surface area contributed by atoms with Gasteiger partial charge in [0, 0.05) is 73.6 Å². The molecular formula is C36H48FeN4P2-6. The summed E-state index contributed by atoms with van der Waals surface area (Å²) in [6.07, 6.45) is 0.909. The standard InChI is InChI=1S/C31H43N4P2.C5H5.Fe/c1-30(2,3)29-27(22-12-8-5-9-13-22)26(21-10-6-4-7-11-21)23(20-36)28(29)31(37,24-18-32-14-16-34-24)25-19-33-15-17-35-25;1-2-4-5-3-1;/h4-13,24-25,32-35H,14-20,36-37H2,1-3H3;1-5H;/q-1;-5;. The molecule has 7 heteroatoms. The molecule has 4 atom stereocenters. The molecule has 0 amide bonds. The molecule has 0 bridgehead atoms. The summed E-state index contributed by atoms with van der Waals surface area (Å²) in [4.78, 5) is 0. The molecule has 2 aliphatic rings. The van der Waals surface area contributed by atoms with E-state index < -0.39 is 0 Å². The zero-order valence-corrected chi connectivity index (χ0v) is 29.2. The number of hydrogen-bond acceptors (Lipinski definition) is 4. The van der Waals surface area contributed by atoms with Crippen molar-refractivity contribution < 1.29 is 17.1 Å². The summed E-state index contributed by atoms with van der Waals surface area (Å²) in [5.74, 6) is 0. The molecule has 2 saturated heterocycles. The first-order valence-electron chi connectivity index (χ1n) is 15.4. The van der Waals surface area contributed by atoms with Crippen molar-refractivity contribution in [1.82, 2.24) is 21.3 Å². The van der Waals surface area contributed by atoms with Gasteiger partial charge in [0.1, 0.15) is 0 Å². The fraction of sp³-hybridized carbons (Fsp3) is 0.389. The first kappa shape index (κ1) is 34.2. The Bertz CT molecular complexity index is 1330. The molecule has 0 spiro atoms. The van der Waals surface area contributed by atoms with E-state index in [1.165, 1.54) is 38.9 Å². The Hall–Kier alpha value is -1.64. The van der Waals surface area contributed by atoms with E-state index in [0.717, 1.165) is 45.4 Å². The maximum Gasteiger partial charge on any atom is 0.0324 e. The molecule has 4 unspecified atom stereocenters. The van der Waals surface area contributed by atoms with E-state index in [-0.39, 0.29) is 39.7 Å². The summed E-state index contributed by atoms with van der Waals surface area (Å²) in [6.45, 7) is 13.1. The van der Waals surface area contributed by atoms with Crippen molar-refractivity contribution in [2.45, 2.75) is 49.6 Å². The summed E-state index contributed by atoms with van der Waals surface area (Å²) in [5.41, 5.74) is 9.77. The Morgan fingerprint density at radius 3 is 1.60 bits per heavy atom. The Morgan fingerprint density at radius 1 is 0.744 bits per heavy atom. The molecule has 4 nitrogen and oxygen atoms in total. The zero-order valence-electron chi connectivity index (χ0n) is 25.8. The largest absolute Gasteiger partial charge is 0.748 e. The van der Waals surface area contributed by atoms with E-state index in [1.54, 1.807) is 0 Å². The third-order valence-electron chi connectivity index (χ3n) is 8.66. The van der Waals surface area contributed by atoms with Gasteiger partial charge in [-0.3, -0.25) is 0 Å². The zero-order chi connectivity index (χ0) is 29.6. The van der Waals surface area contributed by atoms with E-state index in [0.29, 0.717) is 0 Å². The number of benzene rings is 2. The molecule has 0 aliphatic carbocycles. The van der Waals surface area contributed by atoms with Crippen LogP contribution < -0.4 is 21.3 Å². The Balaban J connectivity index is 0.000000641. The minimum absolute atomic E-state index is 0. The predicted octanol–water partition coefficient (Wildman–Crippen LogP) is 6.01. The van der Waals surface area contributed by atoms with Crippen LogP contribution in [0.1, 0.15) is 37.5 Å². The van der Waals surface area contributed by atoms with Crippen LogP contribution in [-0.2, 0) is 33.8 Å². The van der Waals surface area contributed by atoms with Crippen molar-refractivity contribution in [2.75, 3.05) is 39.3 Å². The van der Waals surface area contributed by atoms with Crippen LogP contribution in [0.4, 0.5) is 0 Å². The topological polar surface area (TPSA) is 48.1 Å². The molecular weight excluding hydrogens is 606 g/mol. The molecule has 4 N–H and O–H groups in total. The summed E-state index contributed by atoms with van der Waals surface area (Å²) in [7, 11) is 6.50. The van der Waals surface area contributed by atoms with Gasteiger partial charge in [0.15, 0.2) is 0 Å². The molecule has 2 fully saturated rings. The number of nitrogens with one attached hydrogen (secondary N) is 4. The van der Waals surface area contributed by atoms with Crippen molar-refractivity contribution in [1.29, 1.82) is 0 Å². The van der Waals surface area contributed by atoms with Gasteiger partial charge in [-0.05, 0) is 5.41 Å². The van der Waals surface area contributed by atoms with Crippen LogP contribution in [-0.4, -0.2) is 51.4 Å². The Labute approximate surface area is 274 Å². The molecule has 0 radical (unpaired) electrons. The van der Waals surface area contributed by atoms with Crippen molar-refractivity contribution in [3.8, 4) is 22.3 Å². The van der Waals surface area contributed by atoms with Crippen LogP contribution in [0.25, 0.3) is 22.3 Å². The van der Waals surface area contributed by atoms with Crippen LogP contribution in [0.3, 0.4) is 0 Å². The van der Waals surface area contributed by atoms with E-state index in [9.17, 15) is 0 Å². The molecule has 236 valence electrons. The van der Waals surface area contributed by atoms with Crippen molar-refractivity contribution in [3.63, 3.8) is 0 Å². The Morgan fingerprint density at radius 2 is 1.21 bits per heavy atom. The van der Waals surface area contributed by atoms with Crippen molar-refractivity contribution in [3.05, 3.63) is 108 Å². The maximum atomic E-state index is 3.94. The summed E-state index contributed by atoms with van der Waals surface area (Å²) in [5, 5.41) is 15.1. The monoisotopic (exact) mass is 654 g/mol. The third-order valence-corrected chi connectivity index (χ3v) is 10.2. The minimum atomic E-state index is -0.202. The number of rotatable bonds is 6. The average molecular weight is 655 g/mol. The predicted molar refractivity (Wildman–Crippen MR) is 188 cm³/mol. The van der Waals surface area contributed by atoms with E-state index in [2.05, 4.69) is 121 Å². The van der Waals surface area contributed by atoms with Gasteiger partial charge in [-0.2, -0.15) is 0 Å². The van der Waals surface area contributed by atoms with Gasteiger partial charge >= 0.3 is 0 Å². The van der Waals surface area contributed by atoms with E-state index in [4.69, 9.17) is 0 Å². The van der Waals surface area contributed by atoms with E-state index in [1.807, 2.05) is 30.3 Å². The molecule has 0 aromatic heterocycles. The number of hydrogen-bond donors (Lipinski definition) is 4. The molecule has 2 heterocycles. The normalized spacial score (nSPS) is 20.3. The summed E-state index contributed by atoms with van der Waals surface area (Å²) < 4.78 is 0.